The number of hydrogen-bond donors (Lipinski definition) is 2. The maximum Gasteiger partial charge on any atom is 0.253 e. The van der Waals surface area contributed by atoms with Gasteiger partial charge in [0, 0.05) is 25.3 Å². The van der Waals surface area contributed by atoms with Crippen molar-refractivity contribution >= 4 is 11.6 Å². The van der Waals surface area contributed by atoms with Crippen LogP contribution < -0.4 is 15.8 Å². The van der Waals surface area contributed by atoms with Crippen LogP contribution in [0, 0.1) is 5.92 Å². The molecule has 0 aliphatic carbocycles. The summed E-state index contributed by atoms with van der Waals surface area (Å²) in [7, 11) is 0. The summed E-state index contributed by atoms with van der Waals surface area (Å²) in [4.78, 5) is 14.6. The number of carbonyl (C=O) groups is 1. The zero-order chi connectivity index (χ0) is 17.6. The van der Waals surface area contributed by atoms with Crippen LogP contribution in [0.5, 0.6) is 5.75 Å². The monoisotopic (exact) mass is 347 g/mol. The first kappa shape index (κ1) is 18.2. The molecule has 1 amide bonds. The van der Waals surface area contributed by atoms with Crippen molar-refractivity contribution in [2.45, 2.75) is 38.4 Å². The van der Waals surface area contributed by atoms with Crippen LogP contribution in [0.25, 0.3) is 0 Å². The molecular weight excluding hydrogens is 318 g/mol. The molecule has 2 aliphatic rings. The number of hydrogen-bond acceptors (Lipinski definition) is 5. The normalized spacial score (nSPS) is 26.7. The predicted molar refractivity (Wildman–Crippen MR) is 97.7 cm³/mol. The van der Waals surface area contributed by atoms with Crippen LogP contribution in [-0.2, 0) is 9.53 Å². The Hall–Kier alpha value is -1.63. The largest absolute Gasteiger partial charge is 0.492 e. The van der Waals surface area contributed by atoms with Crippen LogP contribution in [0.4, 0.5) is 5.69 Å². The van der Waals surface area contributed by atoms with Gasteiger partial charge in [0.05, 0.1) is 6.10 Å². The van der Waals surface area contributed by atoms with E-state index in [1.54, 1.807) is 0 Å². The summed E-state index contributed by atoms with van der Waals surface area (Å²) in [5.74, 6) is 1.52. The molecule has 2 heterocycles. The van der Waals surface area contributed by atoms with Gasteiger partial charge in [-0.3, -0.25) is 9.69 Å². The lowest BCUT2D eigenvalue weighted by Crippen LogP contribution is -2.29. The van der Waals surface area contributed by atoms with Gasteiger partial charge in [-0.2, -0.15) is 0 Å². The molecule has 0 bridgehead atoms. The van der Waals surface area contributed by atoms with Crippen LogP contribution in [0.2, 0.25) is 0 Å². The molecule has 1 aromatic carbocycles. The summed E-state index contributed by atoms with van der Waals surface area (Å²) in [6.07, 6.45) is 2.46. The van der Waals surface area contributed by atoms with Crippen molar-refractivity contribution < 1.29 is 14.3 Å². The van der Waals surface area contributed by atoms with Gasteiger partial charge in [-0.25, -0.2) is 0 Å². The lowest BCUT2D eigenvalue weighted by atomic mass is 10.2. The number of anilines is 1. The highest BCUT2D eigenvalue weighted by Gasteiger charge is 2.29. The second-order valence-corrected chi connectivity index (χ2v) is 7.12. The second kappa shape index (κ2) is 8.65. The Morgan fingerprint density at radius 2 is 2.12 bits per heavy atom. The van der Waals surface area contributed by atoms with Crippen molar-refractivity contribution in [1.82, 2.24) is 4.90 Å². The molecule has 3 atom stereocenters. The van der Waals surface area contributed by atoms with Gasteiger partial charge in [-0.1, -0.05) is 6.92 Å². The Balaban J connectivity index is 1.40. The lowest BCUT2D eigenvalue weighted by molar-refractivity contribution is -0.126. The Kier molecular flexibility index (Phi) is 6.29. The predicted octanol–water partition coefficient (Wildman–Crippen LogP) is 1.85. The maximum atomic E-state index is 12.2. The molecule has 25 heavy (non-hydrogen) atoms. The number of rotatable bonds is 7. The molecule has 0 saturated carbocycles. The molecule has 1 aromatic rings. The van der Waals surface area contributed by atoms with Crippen molar-refractivity contribution in [3.8, 4) is 5.75 Å². The highest BCUT2D eigenvalue weighted by molar-refractivity contribution is 5.94. The first-order valence-corrected chi connectivity index (χ1v) is 9.25. The molecule has 138 valence electrons. The quantitative estimate of drug-likeness (QED) is 0.787. The van der Waals surface area contributed by atoms with Crippen molar-refractivity contribution in [3.63, 3.8) is 0 Å². The summed E-state index contributed by atoms with van der Waals surface area (Å²) in [5.41, 5.74) is 6.33. The van der Waals surface area contributed by atoms with Crippen molar-refractivity contribution in [2.75, 3.05) is 38.1 Å². The second-order valence-electron chi connectivity index (χ2n) is 7.12. The molecule has 3 N–H and O–H groups in total. The summed E-state index contributed by atoms with van der Waals surface area (Å²) in [5, 5.41) is 2.89. The number of nitrogens with two attached hydrogens (primary N) is 1. The van der Waals surface area contributed by atoms with E-state index in [0.29, 0.717) is 13.2 Å². The zero-order valence-electron chi connectivity index (χ0n) is 14.9. The average Bonchev–Trinajstić information content (AvgIpc) is 3.25. The first-order valence-electron chi connectivity index (χ1n) is 9.25. The number of benzene rings is 1. The van der Waals surface area contributed by atoms with Gasteiger partial charge in [0.2, 0.25) is 0 Å². The SMILES string of the molecule is CC1CCN(CCOc2ccc(NC(=O)[C@@H]3CC[C@H](CN)O3)cc2)C1. The van der Waals surface area contributed by atoms with E-state index in [4.69, 9.17) is 15.2 Å². The van der Waals surface area contributed by atoms with Crippen LogP contribution in [-0.4, -0.2) is 55.8 Å². The highest BCUT2D eigenvalue weighted by atomic mass is 16.5. The van der Waals surface area contributed by atoms with Crippen LogP contribution in [0.1, 0.15) is 26.2 Å². The van der Waals surface area contributed by atoms with E-state index in [0.717, 1.165) is 36.7 Å². The Morgan fingerprint density at radius 1 is 1.32 bits per heavy atom. The van der Waals surface area contributed by atoms with E-state index < -0.39 is 6.10 Å². The van der Waals surface area contributed by atoms with Gasteiger partial charge in [0.1, 0.15) is 18.5 Å². The van der Waals surface area contributed by atoms with Crippen LogP contribution in [0.15, 0.2) is 24.3 Å². The van der Waals surface area contributed by atoms with Crippen molar-refractivity contribution in [2.24, 2.45) is 11.7 Å². The molecule has 0 radical (unpaired) electrons. The number of nitrogens with one attached hydrogen (secondary N) is 1. The third-order valence-corrected chi connectivity index (χ3v) is 4.97. The summed E-state index contributed by atoms with van der Waals surface area (Å²) < 4.78 is 11.4. The van der Waals surface area contributed by atoms with E-state index in [1.807, 2.05) is 24.3 Å². The summed E-state index contributed by atoms with van der Waals surface area (Å²) in [6.45, 7) is 6.75. The minimum absolute atomic E-state index is 0.00474. The highest BCUT2D eigenvalue weighted by Crippen LogP contribution is 2.22. The van der Waals surface area contributed by atoms with Crippen LogP contribution >= 0.6 is 0 Å². The molecule has 0 aromatic heterocycles. The van der Waals surface area contributed by atoms with Gasteiger partial charge in [-0.15, -0.1) is 0 Å². The molecule has 3 rings (SSSR count). The van der Waals surface area contributed by atoms with Gasteiger partial charge in [0.15, 0.2) is 0 Å². The molecule has 6 heteroatoms. The molecule has 6 nitrogen and oxygen atoms in total. The molecular formula is C19H29N3O3. The van der Waals surface area contributed by atoms with Crippen LogP contribution in [0.3, 0.4) is 0 Å². The number of amides is 1. The Morgan fingerprint density at radius 3 is 2.76 bits per heavy atom. The maximum absolute atomic E-state index is 12.2. The third-order valence-electron chi connectivity index (χ3n) is 4.97. The summed E-state index contributed by atoms with van der Waals surface area (Å²) >= 11 is 0. The minimum Gasteiger partial charge on any atom is -0.492 e. The Bertz CT molecular complexity index is 564. The van der Waals surface area contributed by atoms with E-state index in [-0.39, 0.29) is 12.0 Å². The Labute approximate surface area is 149 Å². The fourth-order valence-corrected chi connectivity index (χ4v) is 3.45. The lowest BCUT2D eigenvalue weighted by Gasteiger charge is -2.16. The number of ether oxygens (including phenoxy) is 2. The molecule has 1 unspecified atom stereocenters. The van der Waals surface area contributed by atoms with Gasteiger partial charge >= 0.3 is 0 Å². The minimum atomic E-state index is -0.396. The fourth-order valence-electron chi connectivity index (χ4n) is 3.45. The topological polar surface area (TPSA) is 76.8 Å². The summed E-state index contributed by atoms with van der Waals surface area (Å²) in [6, 6.07) is 7.50. The number of nitrogens with zero attached hydrogens (tertiary/aromatic N) is 1. The third kappa shape index (κ3) is 5.17. The van der Waals surface area contributed by atoms with E-state index >= 15 is 0 Å². The van der Waals surface area contributed by atoms with E-state index in [2.05, 4.69) is 17.1 Å². The standard InChI is InChI=1S/C19H29N3O3/c1-14-8-9-22(13-14)10-11-24-16-4-2-15(3-5-16)21-19(23)18-7-6-17(12-20)25-18/h2-5,14,17-18H,6-13,20H2,1H3,(H,21,23)/t14?,17-,18+/m1/s1. The van der Waals surface area contributed by atoms with Crippen molar-refractivity contribution in [1.29, 1.82) is 0 Å². The number of carbonyl (C=O) groups excluding carboxylic acids is 1. The van der Waals surface area contributed by atoms with E-state index in [9.17, 15) is 4.79 Å². The smallest absolute Gasteiger partial charge is 0.253 e. The fraction of sp³-hybridized carbons (Fsp3) is 0.632. The van der Waals surface area contributed by atoms with Crippen molar-refractivity contribution in [3.05, 3.63) is 24.3 Å². The molecule has 0 spiro atoms. The molecule has 2 fully saturated rings. The van der Waals surface area contributed by atoms with Gasteiger partial charge in [0.25, 0.3) is 5.91 Å². The molecule has 2 aliphatic heterocycles. The number of likely N-dealkylation sites (tertiary alicyclic amines) is 1. The van der Waals surface area contributed by atoms with Gasteiger partial charge < -0.3 is 20.5 Å². The molecule has 2 saturated heterocycles. The zero-order valence-corrected chi connectivity index (χ0v) is 14.9. The van der Waals surface area contributed by atoms with Gasteiger partial charge in [-0.05, 0) is 56.0 Å². The average molecular weight is 347 g/mol. The van der Waals surface area contributed by atoms with E-state index in [1.165, 1.54) is 19.5 Å². The first-order chi connectivity index (χ1) is 12.1.